The number of nitrogens with zero attached hydrogens (tertiary/aromatic N) is 2. The average molecular weight is 485 g/mol. The van der Waals surface area contributed by atoms with Gasteiger partial charge in [0.25, 0.3) is 0 Å². The van der Waals surface area contributed by atoms with Crippen LogP contribution in [-0.4, -0.2) is 30.1 Å². The van der Waals surface area contributed by atoms with Gasteiger partial charge in [0.2, 0.25) is 10.0 Å². The highest BCUT2D eigenvalue weighted by Gasteiger charge is 2.27. The number of pyridine rings is 1. The molecule has 0 saturated heterocycles. The fourth-order valence-corrected chi connectivity index (χ4v) is 5.26. The van der Waals surface area contributed by atoms with Crippen LogP contribution in [0.25, 0.3) is 10.9 Å². The molecule has 2 aromatic carbocycles. The van der Waals surface area contributed by atoms with Crippen molar-refractivity contribution in [3.63, 3.8) is 0 Å². The number of hydrogen-bond donors (Lipinski definition) is 2. The molecule has 2 N–H and O–H groups in total. The quantitative estimate of drug-likeness (QED) is 0.396. The number of aromatic amines is 1. The molecule has 0 aliphatic carbocycles. The van der Waals surface area contributed by atoms with Crippen LogP contribution in [0.1, 0.15) is 30.1 Å². The van der Waals surface area contributed by atoms with Gasteiger partial charge in [-0.05, 0) is 43.3 Å². The zero-order valence-electron chi connectivity index (χ0n) is 18.5. The summed E-state index contributed by atoms with van der Waals surface area (Å²) >= 11 is 0.971. The maximum Gasteiger partial charge on any atom is 0.322 e. The zero-order chi connectivity index (χ0) is 23.6. The summed E-state index contributed by atoms with van der Waals surface area (Å²) in [6.07, 6.45) is 0. The Labute approximate surface area is 195 Å². The molecule has 0 fully saturated rings. The third kappa shape index (κ3) is 5.29. The van der Waals surface area contributed by atoms with E-state index < -0.39 is 15.4 Å². The van der Waals surface area contributed by atoms with Gasteiger partial charge in [-0.15, -0.1) is 0 Å². The highest BCUT2D eigenvalue weighted by molar-refractivity contribution is 7.89. The second-order valence-corrected chi connectivity index (χ2v) is 11.1. The first-order valence-corrected chi connectivity index (χ1v) is 12.6. The molecule has 0 bridgehead atoms. The van der Waals surface area contributed by atoms with Crippen LogP contribution in [0.4, 0.5) is 0 Å². The van der Waals surface area contributed by atoms with Crippen molar-refractivity contribution in [1.29, 1.82) is 0 Å². The predicted molar refractivity (Wildman–Crippen MR) is 128 cm³/mol. The number of para-hydroxylation sites is 1. The molecule has 172 valence electrons. The number of ether oxygens (including phenoxy) is 1. The number of fused-ring (bicyclic) bond motifs is 1. The van der Waals surface area contributed by atoms with Gasteiger partial charge in [-0.3, -0.25) is 9.78 Å². The second-order valence-electron chi connectivity index (χ2n) is 8.33. The summed E-state index contributed by atoms with van der Waals surface area (Å²) in [4.78, 5) is 15.8. The lowest BCUT2D eigenvalue weighted by Crippen LogP contribution is -2.36. The first kappa shape index (κ1) is 23.1. The van der Waals surface area contributed by atoms with E-state index in [2.05, 4.69) is 19.9 Å². The van der Waals surface area contributed by atoms with Gasteiger partial charge in [0.1, 0.15) is 17.4 Å². The summed E-state index contributed by atoms with van der Waals surface area (Å²) in [6.45, 7) is 6.03. The molecule has 0 amide bonds. The number of rotatable bonds is 8. The molecule has 0 radical (unpaired) electrons. The van der Waals surface area contributed by atoms with Crippen molar-refractivity contribution in [2.45, 2.75) is 37.7 Å². The molecule has 4 rings (SSSR count). The van der Waals surface area contributed by atoms with E-state index in [9.17, 15) is 13.2 Å². The van der Waals surface area contributed by atoms with Crippen LogP contribution in [0.15, 0.2) is 64.3 Å². The van der Waals surface area contributed by atoms with Gasteiger partial charge in [-0.1, -0.05) is 43.4 Å². The molecule has 33 heavy (non-hydrogen) atoms. The van der Waals surface area contributed by atoms with Gasteiger partial charge < -0.3 is 4.74 Å². The summed E-state index contributed by atoms with van der Waals surface area (Å²) in [7, 11) is -3.74. The minimum atomic E-state index is -3.74. The number of nitrogens with one attached hydrogen (secondary N) is 2. The number of hydrogen-bond acceptors (Lipinski definition) is 7. The first-order valence-electron chi connectivity index (χ1n) is 10.3. The van der Waals surface area contributed by atoms with Crippen molar-refractivity contribution in [2.24, 2.45) is 0 Å². The minimum absolute atomic E-state index is 0.100. The molecular formula is C23H24N4O4S2. The molecule has 4 aromatic rings. The van der Waals surface area contributed by atoms with Crippen molar-refractivity contribution in [3.05, 3.63) is 80.5 Å². The van der Waals surface area contributed by atoms with E-state index in [4.69, 9.17) is 4.74 Å². The molecule has 0 aliphatic heterocycles. The normalized spacial score (nSPS) is 12.2. The van der Waals surface area contributed by atoms with Crippen LogP contribution >= 0.6 is 11.3 Å². The number of H-pyrrole nitrogens is 1. The van der Waals surface area contributed by atoms with E-state index in [1.54, 1.807) is 12.1 Å². The maximum absolute atomic E-state index is 12.7. The molecular weight excluding hydrogens is 460 g/mol. The monoisotopic (exact) mass is 484 g/mol. The number of benzene rings is 2. The van der Waals surface area contributed by atoms with Gasteiger partial charge in [0, 0.05) is 28.6 Å². The Kier molecular flexibility index (Phi) is 6.33. The summed E-state index contributed by atoms with van der Waals surface area (Å²) < 4.78 is 34.0. The fraction of sp³-hybridized carbons (Fsp3) is 0.261. The highest BCUT2D eigenvalue weighted by atomic mass is 32.2. The molecule has 0 unspecified atom stereocenters. The van der Waals surface area contributed by atoms with Crippen LogP contribution in [0.2, 0.25) is 0 Å². The third-order valence-corrected chi connectivity index (χ3v) is 7.71. The predicted octanol–water partition coefficient (Wildman–Crippen LogP) is 3.52. The SMILES string of the molecule is Cc1cc(COc2ccc(S(=O)(=O)NCC(C)(C)c3n[nH]c(=O)s3)cc2)c2ccccc2n1. The summed E-state index contributed by atoms with van der Waals surface area (Å²) in [5.41, 5.74) is 2.20. The fourth-order valence-electron chi connectivity index (χ4n) is 3.34. The van der Waals surface area contributed by atoms with Crippen molar-refractivity contribution < 1.29 is 13.2 Å². The Morgan fingerprint density at radius 1 is 1.12 bits per heavy atom. The lowest BCUT2D eigenvalue weighted by atomic mass is 9.95. The van der Waals surface area contributed by atoms with E-state index in [0.717, 1.165) is 33.5 Å². The molecule has 0 aliphatic rings. The largest absolute Gasteiger partial charge is 0.489 e. The smallest absolute Gasteiger partial charge is 0.322 e. The second kappa shape index (κ2) is 9.05. The lowest BCUT2D eigenvalue weighted by molar-refractivity contribution is 0.307. The van der Waals surface area contributed by atoms with Gasteiger partial charge in [0.05, 0.1) is 10.4 Å². The number of aromatic nitrogens is 3. The Morgan fingerprint density at radius 2 is 1.85 bits per heavy atom. The Morgan fingerprint density at radius 3 is 2.55 bits per heavy atom. The summed E-state index contributed by atoms with van der Waals surface area (Å²) in [5.74, 6) is 0.564. The standard InChI is InChI=1S/C23H24N4O4S2/c1-15-12-16(19-6-4-5-7-20(19)25-15)13-31-17-8-10-18(11-9-17)33(29,30)24-14-23(2,3)21-26-27-22(28)32-21/h4-12,24H,13-14H2,1-3H3,(H,27,28). The average Bonchev–Trinajstić information content (AvgIpc) is 3.24. The minimum Gasteiger partial charge on any atom is -0.489 e. The summed E-state index contributed by atoms with van der Waals surface area (Å²) in [5, 5.41) is 7.90. The molecule has 2 aromatic heterocycles. The van der Waals surface area contributed by atoms with Crippen LogP contribution in [0.5, 0.6) is 5.75 Å². The topological polar surface area (TPSA) is 114 Å². The maximum atomic E-state index is 12.7. The van der Waals surface area contributed by atoms with Crippen LogP contribution in [-0.2, 0) is 22.0 Å². The van der Waals surface area contributed by atoms with Crippen molar-refractivity contribution >= 4 is 32.3 Å². The lowest BCUT2D eigenvalue weighted by Gasteiger charge is -2.21. The van der Waals surface area contributed by atoms with Crippen LogP contribution < -0.4 is 14.3 Å². The highest BCUT2D eigenvalue weighted by Crippen LogP contribution is 2.24. The molecule has 0 saturated carbocycles. The van der Waals surface area contributed by atoms with Crippen LogP contribution in [0.3, 0.4) is 0 Å². The Balaban J connectivity index is 1.43. The van der Waals surface area contributed by atoms with E-state index >= 15 is 0 Å². The van der Waals surface area contributed by atoms with Crippen molar-refractivity contribution in [3.8, 4) is 5.75 Å². The number of aryl methyl sites for hydroxylation is 1. The molecule has 10 heteroatoms. The molecule has 2 heterocycles. The van der Waals surface area contributed by atoms with Gasteiger partial charge in [-0.2, -0.15) is 5.10 Å². The van der Waals surface area contributed by atoms with Gasteiger partial charge in [0.15, 0.2) is 0 Å². The Hall–Kier alpha value is -3.08. The number of sulfonamides is 1. The van der Waals surface area contributed by atoms with E-state index in [0.29, 0.717) is 17.4 Å². The molecule has 8 nitrogen and oxygen atoms in total. The van der Waals surface area contributed by atoms with E-state index in [1.165, 1.54) is 12.1 Å². The van der Waals surface area contributed by atoms with Crippen LogP contribution in [0, 0.1) is 6.92 Å². The molecule has 0 spiro atoms. The first-order chi connectivity index (χ1) is 15.6. The Bertz CT molecular complexity index is 1440. The molecule has 0 atom stereocenters. The van der Waals surface area contributed by atoms with E-state index in [1.807, 2.05) is 51.1 Å². The van der Waals surface area contributed by atoms with Crippen molar-refractivity contribution in [2.75, 3.05) is 6.54 Å². The third-order valence-electron chi connectivity index (χ3n) is 5.18. The summed E-state index contributed by atoms with van der Waals surface area (Å²) in [6, 6.07) is 16.2. The zero-order valence-corrected chi connectivity index (χ0v) is 20.1. The van der Waals surface area contributed by atoms with Gasteiger partial charge in [-0.25, -0.2) is 18.2 Å². The van der Waals surface area contributed by atoms with Crippen molar-refractivity contribution in [1.82, 2.24) is 19.9 Å². The van der Waals surface area contributed by atoms with E-state index in [-0.39, 0.29) is 16.3 Å². The van der Waals surface area contributed by atoms with Gasteiger partial charge >= 0.3 is 4.87 Å².